The van der Waals surface area contributed by atoms with E-state index in [-0.39, 0.29) is 11.9 Å². The Bertz CT molecular complexity index is 906. The molecule has 0 aliphatic carbocycles. The van der Waals surface area contributed by atoms with Crippen molar-refractivity contribution < 1.29 is 8.91 Å². The zero-order chi connectivity index (χ0) is 18.8. The molecule has 0 amide bonds. The summed E-state index contributed by atoms with van der Waals surface area (Å²) in [6, 6.07) is 10.9. The van der Waals surface area contributed by atoms with Gasteiger partial charge in [0.15, 0.2) is 0 Å². The lowest BCUT2D eigenvalue weighted by Gasteiger charge is -2.37. The lowest BCUT2D eigenvalue weighted by molar-refractivity contribution is 0.164. The number of hydrogen-bond acceptors (Lipinski definition) is 6. The maximum atomic E-state index is 13.8. The van der Waals surface area contributed by atoms with Crippen molar-refractivity contribution in [3.05, 3.63) is 59.9 Å². The van der Waals surface area contributed by atoms with Crippen LogP contribution in [0.15, 0.2) is 47.1 Å². The molecule has 1 aromatic carbocycles. The van der Waals surface area contributed by atoms with Crippen molar-refractivity contribution >= 4 is 5.82 Å². The normalized spacial score (nSPS) is 16.5. The Morgan fingerprint density at radius 1 is 1.11 bits per heavy atom. The van der Waals surface area contributed by atoms with Crippen molar-refractivity contribution in [2.24, 2.45) is 0 Å². The summed E-state index contributed by atoms with van der Waals surface area (Å²) in [4.78, 5) is 13.5. The molecule has 1 atom stereocenters. The van der Waals surface area contributed by atoms with Gasteiger partial charge in [-0.3, -0.25) is 4.90 Å². The SMILES string of the molecule is Cc1ccc(-c2noc(C(C)N3CCN(c4ccccn4)CC3)n2)cc1F. The van der Waals surface area contributed by atoms with Gasteiger partial charge in [0.2, 0.25) is 11.7 Å². The first-order valence-corrected chi connectivity index (χ1v) is 9.12. The fourth-order valence-corrected chi connectivity index (χ4v) is 3.29. The molecule has 0 bridgehead atoms. The highest BCUT2D eigenvalue weighted by atomic mass is 19.1. The summed E-state index contributed by atoms with van der Waals surface area (Å²) in [6.45, 7) is 7.34. The van der Waals surface area contributed by atoms with Crippen LogP contribution in [0.3, 0.4) is 0 Å². The average Bonchev–Trinajstić information content (AvgIpc) is 3.20. The number of hydrogen-bond donors (Lipinski definition) is 0. The molecule has 3 aromatic rings. The van der Waals surface area contributed by atoms with E-state index < -0.39 is 0 Å². The minimum atomic E-state index is -0.266. The smallest absolute Gasteiger partial charge is 0.244 e. The molecule has 3 heterocycles. The molecule has 27 heavy (non-hydrogen) atoms. The van der Waals surface area contributed by atoms with Crippen LogP contribution in [0.1, 0.15) is 24.4 Å². The minimum absolute atomic E-state index is 0.00688. The van der Waals surface area contributed by atoms with Crippen LogP contribution in [-0.2, 0) is 0 Å². The summed E-state index contributed by atoms with van der Waals surface area (Å²) in [6.07, 6.45) is 1.82. The summed E-state index contributed by atoms with van der Waals surface area (Å²) < 4.78 is 19.3. The first-order valence-electron chi connectivity index (χ1n) is 9.12. The second-order valence-electron chi connectivity index (χ2n) is 6.81. The van der Waals surface area contributed by atoms with Crippen LogP contribution in [0.4, 0.5) is 10.2 Å². The van der Waals surface area contributed by atoms with Crippen LogP contribution in [0.5, 0.6) is 0 Å². The highest BCUT2D eigenvalue weighted by molar-refractivity contribution is 5.55. The van der Waals surface area contributed by atoms with Gasteiger partial charge in [-0.15, -0.1) is 0 Å². The predicted octanol–water partition coefficient (Wildman–Crippen LogP) is 3.46. The third kappa shape index (κ3) is 3.68. The standard InChI is InChI=1S/C20H22FN5O/c1-14-6-7-16(13-17(14)21)19-23-20(27-24-19)15(2)25-9-11-26(12-10-25)18-5-3-4-8-22-18/h3-8,13,15H,9-12H2,1-2H3. The van der Waals surface area contributed by atoms with Crippen LogP contribution in [0.2, 0.25) is 0 Å². The second kappa shape index (κ2) is 7.44. The number of pyridine rings is 1. The molecular formula is C20H22FN5O. The van der Waals surface area contributed by atoms with E-state index in [2.05, 4.69) is 31.8 Å². The molecule has 4 rings (SSSR count). The van der Waals surface area contributed by atoms with Gasteiger partial charge in [-0.1, -0.05) is 23.4 Å². The summed E-state index contributed by atoms with van der Waals surface area (Å²) >= 11 is 0. The molecule has 1 saturated heterocycles. The van der Waals surface area contributed by atoms with Gasteiger partial charge >= 0.3 is 0 Å². The number of rotatable bonds is 4. The van der Waals surface area contributed by atoms with E-state index in [1.807, 2.05) is 30.5 Å². The maximum absolute atomic E-state index is 13.8. The molecular weight excluding hydrogens is 345 g/mol. The highest BCUT2D eigenvalue weighted by Crippen LogP contribution is 2.25. The molecule has 1 unspecified atom stereocenters. The first kappa shape index (κ1) is 17.6. The highest BCUT2D eigenvalue weighted by Gasteiger charge is 2.26. The van der Waals surface area contributed by atoms with Crippen LogP contribution >= 0.6 is 0 Å². The summed E-state index contributed by atoms with van der Waals surface area (Å²) in [5.74, 6) is 1.71. The number of aryl methyl sites for hydroxylation is 1. The van der Waals surface area contributed by atoms with E-state index in [9.17, 15) is 4.39 Å². The third-order valence-corrected chi connectivity index (χ3v) is 5.06. The van der Waals surface area contributed by atoms with Crippen LogP contribution < -0.4 is 4.90 Å². The number of aromatic nitrogens is 3. The monoisotopic (exact) mass is 367 g/mol. The molecule has 1 fully saturated rings. The lowest BCUT2D eigenvalue weighted by atomic mass is 10.1. The number of halogens is 1. The molecule has 0 spiro atoms. The van der Waals surface area contributed by atoms with Crippen molar-refractivity contribution in [1.82, 2.24) is 20.0 Å². The van der Waals surface area contributed by atoms with Crippen LogP contribution in [0, 0.1) is 12.7 Å². The second-order valence-corrected chi connectivity index (χ2v) is 6.81. The van der Waals surface area contributed by atoms with E-state index in [4.69, 9.17) is 4.52 Å². The van der Waals surface area contributed by atoms with E-state index in [0.29, 0.717) is 22.8 Å². The van der Waals surface area contributed by atoms with E-state index in [1.165, 1.54) is 6.07 Å². The Balaban J connectivity index is 1.42. The van der Waals surface area contributed by atoms with E-state index in [0.717, 1.165) is 32.0 Å². The largest absolute Gasteiger partial charge is 0.354 e. The average molecular weight is 367 g/mol. The summed E-state index contributed by atoms with van der Waals surface area (Å²) in [7, 11) is 0. The summed E-state index contributed by atoms with van der Waals surface area (Å²) in [5.41, 5.74) is 1.22. The lowest BCUT2D eigenvalue weighted by Crippen LogP contribution is -2.47. The summed E-state index contributed by atoms with van der Waals surface area (Å²) in [5, 5.41) is 4.04. The van der Waals surface area contributed by atoms with Crippen LogP contribution in [0.25, 0.3) is 11.4 Å². The quantitative estimate of drug-likeness (QED) is 0.704. The van der Waals surface area contributed by atoms with Gasteiger partial charge in [0, 0.05) is 37.9 Å². The molecule has 6 nitrogen and oxygen atoms in total. The molecule has 0 radical (unpaired) electrons. The Labute approximate surface area is 157 Å². The van der Waals surface area contributed by atoms with Gasteiger partial charge in [-0.2, -0.15) is 4.98 Å². The topological polar surface area (TPSA) is 58.3 Å². The fourth-order valence-electron chi connectivity index (χ4n) is 3.29. The Morgan fingerprint density at radius 3 is 2.63 bits per heavy atom. The van der Waals surface area contributed by atoms with Crippen molar-refractivity contribution in [3.8, 4) is 11.4 Å². The maximum Gasteiger partial charge on any atom is 0.244 e. The molecule has 2 aromatic heterocycles. The zero-order valence-electron chi connectivity index (χ0n) is 15.5. The van der Waals surface area contributed by atoms with Gasteiger partial charge in [-0.05, 0) is 37.6 Å². The van der Waals surface area contributed by atoms with E-state index in [1.54, 1.807) is 13.0 Å². The van der Waals surface area contributed by atoms with E-state index >= 15 is 0 Å². The predicted molar refractivity (Wildman–Crippen MR) is 101 cm³/mol. The Kier molecular flexibility index (Phi) is 4.85. The molecule has 1 aliphatic rings. The minimum Gasteiger partial charge on any atom is -0.354 e. The van der Waals surface area contributed by atoms with Crippen molar-refractivity contribution in [3.63, 3.8) is 0 Å². The molecule has 1 aliphatic heterocycles. The van der Waals surface area contributed by atoms with Gasteiger partial charge in [0.05, 0.1) is 6.04 Å². The number of piperazine rings is 1. The van der Waals surface area contributed by atoms with Gasteiger partial charge in [-0.25, -0.2) is 9.37 Å². The zero-order valence-corrected chi connectivity index (χ0v) is 15.5. The van der Waals surface area contributed by atoms with Crippen LogP contribution in [-0.4, -0.2) is 46.2 Å². The Morgan fingerprint density at radius 2 is 1.93 bits per heavy atom. The van der Waals surface area contributed by atoms with Gasteiger partial charge < -0.3 is 9.42 Å². The first-order chi connectivity index (χ1) is 13.1. The van der Waals surface area contributed by atoms with Crippen molar-refractivity contribution in [1.29, 1.82) is 0 Å². The number of benzene rings is 1. The molecule has 140 valence electrons. The fraction of sp³-hybridized carbons (Fsp3) is 0.350. The Hall–Kier alpha value is -2.80. The number of nitrogens with zero attached hydrogens (tertiary/aromatic N) is 5. The molecule has 7 heteroatoms. The van der Waals surface area contributed by atoms with Crippen molar-refractivity contribution in [2.75, 3.05) is 31.1 Å². The molecule has 0 saturated carbocycles. The third-order valence-electron chi connectivity index (χ3n) is 5.06. The molecule has 0 N–H and O–H groups in total. The van der Waals surface area contributed by atoms with Gasteiger partial charge in [0.1, 0.15) is 11.6 Å². The van der Waals surface area contributed by atoms with Gasteiger partial charge in [0.25, 0.3) is 0 Å². The van der Waals surface area contributed by atoms with Crippen molar-refractivity contribution in [2.45, 2.75) is 19.9 Å². The number of anilines is 1.